The Morgan fingerprint density at radius 1 is 1.12 bits per heavy atom. The van der Waals surface area contributed by atoms with Crippen LogP contribution < -0.4 is 0 Å². The molecular weight excluding hydrogens is 324 g/mol. The van der Waals surface area contributed by atoms with Gasteiger partial charge in [0.2, 0.25) is 5.91 Å². The van der Waals surface area contributed by atoms with E-state index in [0.717, 1.165) is 25.1 Å². The van der Waals surface area contributed by atoms with Gasteiger partial charge in [-0.15, -0.1) is 5.10 Å². The molecule has 5 heteroatoms. The minimum atomic E-state index is 0.122. The van der Waals surface area contributed by atoms with Gasteiger partial charge in [-0.2, -0.15) is 0 Å². The second-order valence-corrected chi connectivity index (χ2v) is 7.45. The van der Waals surface area contributed by atoms with Crippen LogP contribution in [0.15, 0.2) is 42.6 Å². The highest BCUT2D eigenvalue weighted by Gasteiger charge is 2.34. The first-order valence-electron chi connectivity index (χ1n) is 9.72. The number of hydrogen-bond acceptors (Lipinski definition) is 3. The van der Waals surface area contributed by atoms with Crippen LogP contribution in [0, 0.1) is 5.92 Å². The zero-order valence-corrected chi connectivity index (χ0v) is 15.1. The number of likely N-dealkylation sites (tertiary alicyclic amines) is 1. The lowest BCUT2D eigenvalue weighted by Gasteiger charge is -2.28. The summed E-state index contributed by atoms with van der Waals surface area (Å²) in [6.45, 7) is 1.58. The monoisotopic (exact) mass is 350 g/mol. The molecule has 5 nitrogen and oxygen atoms in total. The minimum Gasteiger partial charge on any atom is -0.336 e. The highest BCUT2D eigenvalue weighted by Crippen LogP contribution is 2.35. The van der Waals surface area contributed by atoms with E-state index in [1.807, 2.05) is 24.4 Å². The fourth-order valence-electron chi connectivity index (χ4n) is 4.39. The van der Waals surface area contributed by atoms with Gasteiger partial charge in [0.1, 0.15) is 5.69 Å². The van der Waals surface area contributed by atoms with Crippen LogP contribution in [0.25, 0.3) is 6.08 Å². The fourth-order valence-corrected chi connectivity index (χ4v) is 4.39. The molecule has 136 valence electrons. The Hall–Kier alpha value is -2.43. The molecular formula is C21H26N4O. The predicted molar refractivity (Wildman–Crippen MR) is 101 cm³/mol. The molecule has 1 amide bonds. The van der Waals surface area contributed by atoms with E-state index >= 15 is 0 Å². The molecule has 0 radical (unpaired) electrons. The average molecular weight is 350 g/mol. The third kappa shape index (κ3) is 3.87. The molecule has 2 aromatic rings. The van der Waals surface area contributed by atoms with Crippen molar-refractivity contribution in [2.45, 2.75) is 51.1 Å². The summed E-state index contributed by atoms with van der Waals surface area (Å²) < 4.78 is 1.80. The van der Waals surface area contributed by atoms with Gasteiger partial charge in [0.05, 0.1) is 12.7 Å². The molecule has 1 saturated heterocycles. The molecule has 2 fully saturated rings. The minimum absolute atomic E-state index is 0.122. The molecule has 1 saturated carbocycles. The van der Waals surface area contributed by atoms with E-state index in [2.05, 4.69) is 27.3 Å². The Kier molecular flexibility index (Phi) is 5.14. The topological polar surface area (TPSA) is 51.0 Å². The van der Waals surface area contributed by atoms with E-state index in [1.54, 1.807) is 16.8 Å². The van der Waals surface area contributed by atoms with Crippen LogP contribution in [-0.2, 0) is 11.3 Å². The maximum Gasteiger partial charge on any atom is 0.246 e. The maximum absolute atomic E-state index is 12.7. The largest absolute Gasteiger partial charge is 0.336 e. The van der Waals surface area contributed by atoms with Gasteiger partial charge in [-0.05, 0) is 43.2 Å². The van der Waals surface area contributed by atoms with Crippen LogP contribution >= 0.6 is 0 Å². The molecule has 0 spiro atoms. The fraction of sp³-hybridized carbons (Fsp3) is 0.476. The summed E-state index contributed by atoms with van der Waals surface area (Å²) in [5.74, 6) is 0.832. The van der Waals surface area contributed by atoms with Crippen molar-refractivity contribution in [2.75, 3.05) is 6.54 Å². The molecule has 2 heterocycles. The van der Waals surface area contributed by atoms with E-state index in [4.69, 9.17) is 0 Å². The smallest absolute Gasteiger partial charge is 0.246 e. The van der Waals surface area contributed by atoms with Crippen molar-refractivity contribution in [1.82, 2.24) is 19.9 Å². The average Bonchev–Trinajstić information content (AvgIpc) is 3.41. The van der Waals surface area contributed by atoms with Crippen molar-refractivity contribution in [2.24, 2.45) is 5.92 Å². The Morgan fingerprint density at radius 3 is 2.73 bits per heavy atom. The number of carbonyl (C=O) groups excluding carboxylic acids is 1. The predicted octanol–water partition coefficient (Wildman–Crippen LogP) is 3.52. The van der Waals surface area contributed by atoms with E-state index in [-0.39, 0.29) is 5.91 Å². The van der Waals surface area contributed by atoms with Crippen molar-refractivity contribution >= 4 is 12.0 Å². The third-order valence-electron chi connectivity index (χ3n) is 5.67. The van der Waals surface area contributed by atoms with Crippen molar-refractivity contribution < 1.29 is 4.79 Å². The first kappa shape index (κ1) is 17.0. The third-order valence-corrected chi connectivity index (χ3v) is 5.67. The van der Waals surface area contributed by atoms with Gasteiger partial charge in [-0.25, -0.2) is 4.68 Å². The van der Waals surface area contributed by atoms with Crippen molar-refractivity contribution in [3.05, 3.63) is 53.9 Å². The molecule has 1 aliphatic carbocycles. The van der Waals surface area contributed by atoms with Crippen LogP contribution in [0.2, 0.25) is 0 Å². The molecule has 1 atom stereocenters. The van der Waals surface area contributed by atoms with Crippen LogP contribution in [-0.4, -0.2) is 38.4 Å². The summed E-state index contributed by atoms with van der Waals surface area (Å²) in [4.78, 5) is 14.8. The Bertz CT molecular complexity index is 761. The lowest BCUT2D eigenvalue weighted by Crippen LogP contribution is -2.38. The number of rotatable bonds is 5. The molecule has 1 aromatic heterocycles. The van der Waals surface area contributed by atoms with Gasteiger partial charge in [0, 0.05) is 18.7 Å². The first-order valence-corrected chi connectivity index (χ1v) is 9.72. The zero-order chi connectivity index (χ0) is 17.8. The number of hydrogen-bond donors (Lipinski definition) is 0. The molecule has 2 aliphatic rings. The second-order valence-electron chi connectivity index (χ2n) is 7.45. The number of aromatic nitrogens is 3. The van der Waals surface area contributed by atoms with Gasteiger partial charge in [-0.3, -0.25) is 4.79 Å². The summed E-state index contributed by atoms with van der Waals surface area (Å²) in [5, 5.41) is 8.32. The number of amides is 1. The molecule has 0 bridgehead atoms. The van der Waals surface area contributed by atoms with Crippen LogP contribution in [0.4, 0.5) is 0 Å². The second kappa shape index (κ2) is 7.85. The molecule has 4 rings (SSSR count). The van der Waals surface area contributed by atoms with E-state index < -0.39 is 0 Å². The van der Waals surface area contributed by atoms with Crippen molar-refractivity contribution in [3.63, 3.8) is 0 Å². The summed E-state index contributed by atoms with van der Waals surface area (Å²) >= 11 is 0. The van der Waals surface area contributed by atoms with E-state index in [0.29, 0.717) is 18.5 Å². The van der Waals surface area contributed by atoms with Gasteiger partial charge in [0.25, 0.3) is 0 Å². The van der Waals surface area contributed by atoms with Crippen molar-refractivity contribution in [1.29, 1.82) is 0 Å². The van der Waals surface area contributed by atoms with Gasteiger partial charge in [-0.1, -0.05) is 48.4 Å². The highest BCUT2D eigenvalue weighted by atomic mass is 16.2. The number of nitrogens with zero attached hydrogens (tertiary/aromatic N) is 4. The van der Waals surface area contributed by atoms with Gasteiger partial charge >= 0.3 is 0 Å². The molecule has 1 unspecified atom stereocenters. The quantitative estimate of drug-likeness (QED) is 0.775. The molecule has 1 aliphatic heterocycles. The highest BCUT2D eigenvalue weighted by molar-refractivity contribution is 5.91. The lowest BCUT2D eigenvalue weighted by atomic mass is 9.96. The lowest BCUT2D eigenvalue weighted by molar-refractivity contribution is -0.127. The normalized spacial score (nSPS) is 21.1. The number of benzene rings is 1. The maximum atomic E-state index is 12.7. The van der Waals surface area contributed by atoms with E-state index in [9.17, 15) is 4.79 Å². The Balaban J connectivity index is 1.37. The standard InChI is InChI=1S/C21H26N4O/c26-21(25-14-6-11-20(25)18-9-4-5-10-18)13-12-19-16-24(23-22-19)15-17-7-2-1-3-8-17/h1-3,7-8,12-13,16,18,20H,4-6,9-11,14-15H2. The van der Waals surface area contributed by atoms with Crippen molar-refractivity contribution in [3.8, 4) is 0 Å². The first-order chi connectivity index (χ1) is 12.8. The van der Waals surface area contributed by atoms with Gasteiger partial charge < -0.3 is 4.90 Å². The Labute approximate surface area is 154 Å². The Morgan fingerprint density at radius 2 is 1.92 bits per heavy atom. The van der Waals surface area contributed by atoms with Gasteiger partial charge in [0.15, 0.2) is 0 Å². The summed E-state index contributed by atoms with van der Waals surface area (Å²) in [6.07, 6.45) is 12.9. The summed E-state index contributed by atoms with van der Waals surface area (Å²) in [7, 11) is 0. The SMILES string of the molecule is O=C(C=Cc1cn(Cc2ccccc2)nn1)N1CCCC1C1CCCC1. The van der Waals surface area contributed by atoms with Crippen LogP contribution in [0.1, 0.15) is 49.8 Å². The van der Waals surface area contributed by atoms with Crippen LogP contribution in [0.5, 0.6) is 0 Å². The molecule has 26 heavy (non-hydrogen) atoms. The van der Waals surface area contributed by atoms with E-state index in [1.165, 1.54) is 31.2 Å². The zero-order valence-electron chi connectivity index (χ0n) is 15.1. The summed E-state index contributed by atoms with van der Waals surface area (Å²) in [5.41, 5.74) is 1.91. The number of carbonyl (C=O) groups is 1. The summed E-state index contributed by atoms with van der Waals surface area (Å²) in [6, 6.07) is 10.6. The molecule has 1 aromatic carbocycles. The van der Waals surface area contributed by atoms with Crippen LogP contribution in [0.3, 0.4) is 0 Å². The molecule has 0 N–H and O–H groups in total.